The number of aryl methyl sites for hydroxylation is 1. The van der Waals surface area contributed by atoms with E-state index in [0.29, 0.717) is 11.4 Å². The lowest BCUT2D eigenvalue weighted by atomic mass is 9.82. The van der Waals surface area contributed by atoms with E-state index in [-0.39, 0.29) is 17.7 Å². The second-order valence-corrected chi connectivity index (χ2v) is 6.14. The minimum absolute atomic E-state index is 0.0518. The Morgan fingerprint density at radius 3 is 2.77 bits per heavy atom. The van der Waals surface area contributed by atoms with Gasteiger partial charge < -0.3 is 9.30 Å². The summed E-state index contributed by atoms with van der Waals surface area (Å²) in [4.78, 5) is 16.0. The number of imidazole rings is 1. The summed E-state index contributed by atoms with van der Waals surface area (Å²) in [5.41, 5.74) is 1.69. The largest absolute Gasteiger partial charge is 0.469 e. The first-order valence-corrected chi connectivity index (χ1v) is 7.78. The summed E-state index contributed by atoms with van der Waals surface area (Å²) in [7, 11) is 1.45. The molecule has 0 bridgehead atoms. The Kier molecular flexibility index (Phi) is 4.14. The molecule has 1 aliphatic rings. The lowest BCUT2D eigenvalue weighted by Crippen LogP contribution is -2.25. The molecule has 4 nitrogen and oxygen atoms in total. The number of aromatic nitrogens is 2. The molecule has 0 aliphatic heterocycles. The van der Waals surface area contributed by atoms with E-state index in [1.807, 2.05) is 6.92 Å². The average Bonchev–Trinajstić information content (AvgIpc) is 2.82. The zero-order chi connectivity index (χ0) is 15.7. The Hall–Kier alpha value is -1.91. The third-order valence-corrected chi connectivity index (χ3v) is 4.72. The van der Waals surface area contributed by atoms with Crippen LogP contribution in [-0.4, -0.2) is 22.6 Å². The number of ether oxygens (including phenoxy) is 1. The van der Waals surface area contributed by atoms with Gasteiger partial charge >= 0.3 is 5.97 Å². The molecule has 1 saturated carbocycles. The zero-order valence-electron chi connectivity index (χ0n) is 13.0. The molecular weight excluding hydrogens is 283 g/mol. The monoisotopic (exact) mass is 304 g/mol. The van der Waals surface area contributed by atoms with Gasteiger partial charge in [-0.2, -0.15) is 0 Å². The quantitative estimate of drug-likeness (QED) is 0.816. The van der Waals surface area contributed by atoms with Crippen molar-refractivity contribution in [1.29, 1.82) is 0 Å². The maximum absolute atomic E-state index is 13.3. The van der Waals surface area contributed by atoms with Crippen molar-refractivity contribution >= 4 is 17.0 Å². The fourth-order valence-electron chi connectivity index (χ4n) is 3.46. The molecule has 1 heterocycles. The molecule has 22 heavy (non-hydrogen) atoms. The molecule has 5 heteroatoms. The molecule has 1 aromatic carbocycles. The van der Waals surface area contributed by atoms with Crippen molar-refractivity contribution < 1.29 is 13.9 Å². The van der Waals surface area contributed by atoms with Gasteiger partial charge in [-0.3, -0.25) is 4.79 Å². The number of hydrogen-bond acceptors (Lipinski definition) is 3. The highest BCUT2D eigenvalue weighted by Crippen LogP contribution is 2.31. The van der Waals surface area contributed by atoms with Gasteiger partial charge in [-0.1, -0.05) is 0 Å². The zero-order valence-corrected chi connectivity index (χ0v) is 13.0. The molecule has 0 unspecified atom stereocenters. The van der Waals surface area contributed by atoms with Crippen molar-refractivity contribution in [1.82, 2.24) is 9.55 Å². The van der Waals surface area contributed by atoms with Crippen LogP contribution in [0.25, 0.3) is 11.0 Å². The third-order valence-electron chi connectivity index (χ3n) is 4.72. The van der Waals surface area contributed by atoms with E-state index in [1.54, 1.807) is 6.07 Å². The van der Waals surface area contributed by atoms with Gasteiger partial charge in [0.1, 0.15) is 11.6 Å². The SMILES string of the molecule is COC(=O)C1CCC(Cn2c(C)nc3cc(F)ccc32)CC1. The molecule has 0 atom stereocenters. The van der Waals surface area contributed by atoms with E-state index in [2.05, 4.69) is 9.55 Å². The van der Waals surface area contributed by atoms with Crippen molar-refractivity contribution in [3.63, 3.8) is 0 Å². The summed E-state index contributed by atoms with van der Waals surface area (Å²) in [6, 6.07) is 4.76. The number of benzene rings is 1. The second-order valence-electron chi connectivity index (χ2n) is 6.14. The van der Waals surface area contributed by atoms with E-state index in [9.17, 15) is 9.18 Å². The van der Waals surface area contributed by atoms with Crippen molar-refractivity contribution in [3.05, 3.63) is 29.8 Å². The smallest absolute Gasteiger partial charge is 0.308 e. The topological polar surface area (TPSA) is 44.1 Å². The van der Waals surface area contributed by atoms with Crippen LogP contribution < -0.4 is 0 Å². The van der Waals surface area contributed by atoms with E-state index in [4.69, 9.17) is 4.74 Å². The van der Waals surface area contributed by atoms with E-state index >= 15 is 0 Å². The highest BCUT2D eigenvalue weighted by Gasteiger charge is 2.27. The number of halogens is 1. The number of carbonyl (C=O) groups excluding carboxylic acids is 1. The lowest BCUT2D eigenvalue weighted by Gasteiger charge is -2.27. The van der Waals surface area contributed by atoms with Crippen LogP contribution in [0, 0.1) is 24.6 Å². The molecule has 0 saturated heterocycles. The minimum Gasteiger partial charge on any atom is -0.469 e. The van der Waals surface area contributed by atoms with Gasteiger partial charge in [0.15, 0.2) is 0 Å². The van der Waals surface area contributed by atoms with Gasteiger partial charge in [0.2, 0.25) is 0 Å². The van der Waals surface area contributed by atoms with Gasteiger partial charge in [0, 0.05) is 12.6 Å². The first kappa shape index (κ1) is 15.0. The van der Waals surface area contributed by atoms with E-state index < -0.39 is 0 Å². The summed E-state index contributed by atoms with van der Waals surface area (Å²) in [6.07, 6.45) is 3.80. The normalized spacial score (nSPS) is 22.0. The summed E-state index contributed by atoms with van der Waals surface area (Å²) in [5, 5.41) is 0. The highest BCUT2D eigenvalue weighted by atomic mass is 19.1. The predicted molar refractivity (Wildman–Crippen MR) is 81.9 cm³/mol. The van der Waals surface area contributed by atoms with E-state index in [1.165, 1.54) is 19.2 Å². The highest BCUT2D eigenvalue weighted by molar-refractivity contribution is 5.76. The van der Waals surface area contributed by atoms with Gasteiger partial charge in [-0.15, -0.1) is 0 Å². The molecule has 0 amide bonds. The van der Waals surface area contributed by atoms with Crippen molar-refractivity contribution in [2.24, 2.45) is 11.8 Å². The molecule has 1 aromatic heterocycles. The fraction of sp³-hybridized carbons (Fsp3) is 0.529. The lowest BCUT2D eigenvalue weighted by molar-refractivity contribution is -0.146. The third kappa shape index (κ3) is 2.85. The molecule has 0 N–H and O–H groups in total. The molecule has 0 radical (unpaired) electrons. The van der Waals surface area contributed by atoms with Crippen molar-refractivity contribution in [2.75, 3.05) is 7.11 Å². The molecule has 118 valence electrons. The Labute approximate surface area is 129 Å². The summed E-state index contributed by atoms with van der Waals surface area (Å²) in [5.74, 6) is 1.16. The summed E-state index contributed by atoms with van der Waals surface area (Å²) in [6.45, 7) is 2.83. The molecule has 2 aromatic rings. The number of esters is 1. The van der Waals surface area contributed by atoms with Gasteiger partial charge in [-0.25, -0.2) is 9.37 Å². The molecule has 3 rings (SSSR count). The average molecular weight is 304 g/mol. The second kappa shape index (κ2) is 6.07. The van der Waals surface area contributed by atoms with Gasteiger partial charge in [0.05, 0.1) is 24.1 Å². The van der Waals surface area contributed by atoms with E-state index in [0.717, 1.165) is 43.6 Å². The summed E-state index contributed by atoms with van der Waals surface area (Å²) < 4.78 is 20.3. The molecule has 1 fully saturated rings. The molecule has 0 spiro atoms. The first-order valence-electron chi connectivity index (χ1n) is 7.78. The van der Waals surface area contributed by atoms with Crippen LogP contribution in [0.3, 0.4) is 0 Å². The Morgan fingerprint density at radius 2 is 2.09 bits per heavy atom. The Morgan fingerprint density at radius 1 is 1.36 bits per heavy atom. The number of hydrogen-bond donors (Lipinski definition) is 0. The van der Waals surface area contributed by atoms with Crippen LogP contribution in [0.15, 0.2) is 18.2 Å². The van der Waals surface area contributed by atoms with Crippen LogP contribution in [0.4, 0.5) is 4.39 Å². The minimum atomic E-state index is -0.254. The van der Waals surface area contributed by atoms with Gasteiger partial charge in [0.25, 0.3) is 0 Å². The number of methoxy groups -OCH3 is 1. The summed E-state index contributed by atoms with van der Waals surface area (Å²) >= 11 is 0. The maximum atomic E-state index is 13.3. The fourth-order valence-corrected chi connectivity index (χ4v) is 3.46. The Balaban J connectivity index is 1.72. The van der Waals surface area contributed by atoms with Crippen molar-refractivity contribution in [3.8, 4) is 0 Å². The van der Waals surface area contributed by atoms with Crippen LogP contribution in [0.2, 0.25) is 0 Å². The maximum Gasteiger partial charge on any atom is 0.308 e. The number of fused-ring (bicyclic) bond motifs is 1. The van der Waals surface area contributed by atoms with Gasteiger partial charge in [-0.05, 0) is 50.7 Å². The number of carbonyl (C=O) groups is 1. The standard InChI is InChI=1S/C17H21FN2O2/c1-11-19-15-9-14(18)7-8-16(15)20(11)10-12-3-5-13(6-4-12)17(21)22-2/h7-9,12-13H,3-6,10H2,1-2H3. The van der Waals surface area contributed by atoms with Crippen LogP contribution in [-0.2, 0) is 16.1 Å². The van der Waals surface area contributed by atoms with Crippen LogP contribution in [0.1, 0.15) is 31.5 Å². The molecular formula is C17H21FN2O2. The van der Waals surface area contributed by atoms with Crippen LogP contribution in [0.5, 0.6) is 0 Å². The Bertz CT molecular complexity index is 687. The predicted octanol–water partition coefficient (Wildman–Crippen LogP) is 3.46. The molecule has 1 aliphatic carbocycles. The first-order chi connectivity index (χ1) is 10.6. The number of rotatable bonds is 3. The van der Waals surface area contributed by atoms with Crippen molar-refractivity contribution in [2.45, 2.75) is 39.2 Å². The number of nitrogens with zero attached hydrogens (tertiary/aromatic N) is 2. The van der Waals surface area contributed by atoms with Crippen LogP contribution >= 0.6 is 0 Å².